The van der Waals surface area contributed by atoms with E-state index in [4.69, 9.17) is 5.73 Å². The Balaban J connectivity index is 2.30. The highest BCUT2D eigenvalue weighted by Crippen LogP contribution is 2.16. The summed E-state index contributed by atoms with van der Waals surface area (Å²) in [5.74, 6) is 1.34. The molecule has 0 aliphatic carbocycles. The zero-order chi connectivity index (χ0) is 12.4. The fourth-order valence-electron chi connectivity index (χ4n) is 1.71. The molecule has 0 saturated heterocycles. The highest BCUT2D eigenvalue weighted by molar-refractivity contribution is 7.09. The number of hydrogen-bond donors (Lipinski definition) is 1. The molecule has 0 unspecified atom stereocenters. The van der Waals surface area contributed by atoms with E-state index in [1.807, 2.05) is 19.2 Å². The molecule has 2 aromatic heterocycles. The maximum absolute atomic E-state index is 5.89. The average molecular weight is 248 g/mol. The Morgan fingerprint density at radius 2 is 2.00 bits per heavy atom. The molecule has 0 aliphatic rings. The summed E-state index contributed by atoms with van der Waals surface area (Å²) in [6.07, 6.45) is 1.53. The van der Waals surface area contributed by atoms with Gasteiger partial charge in [-0.15, -0.1) is 11.3 Å². The summed E-state index contributed by atoms with van der Waals surface area (Å²) in [6.45, 7) is 6.03. The molecule has 0 fully saturated rings. The van der Waals surface area contributed by atoms with Gasteiger partial charge in [-0.25, -0.2) is 15.0 Å². The number of rotatable bonds is 3. The van der Waals surface area contributed by atoms with Crippen molar-refractivity contribution in [2.24, 2.45) is 0 Å². The Morgan fingerprint density at radius 1 is 1.24 bits per heavy atom. The lowest BCUT2D eigenvalue weighted by atomic mass is 10.2. The van der Waals surface area contributed by atoms with E-state index in [-0.39, 0.29) is 0 Å². The first-order valence-corrected chi connectivity index (χ1v) is 6.51. The van der Waals surface area contributed by atoms with Crippen LogP contribution in [0.2, 0.25) is 0 Å². The first kappa shape index (κ1) is 12.0. The molecule has 0 radical (unpaired) electrons. The molecule has 0 aliphatic heterocycles. The van der Waals surface area contributed by atoms with E-state index in [1.165, 1.54) is 0 Å². The van der Waals surface area contributed by atoms with Crippen molar-refractivity contribution in [3.8, 4) is 0 Å². The highest BCUT2D eigenvalue weighted by atomic mass is 32.1. The SMILES string of the molecule is CCc1nc(Cc2csc(C)n2)nc(N)c1C. The number of nitrogens with zero attached hydrogens (tertiary/aromatic N) is 3. The van der Waals surface area contributed by atoms with Gasteiger partial charge in [-0.1, -0.05) is 6.92 Å². The van der Waals surface area contributed by atoms with Gasteiger partial charge in [0.1, 0.15) is 11.6 Å². The normalized spacial score (nSPS) is 10.8. The lowest BCUT2D eigenvalue weighted by Crippen LogP contribution is -2.07. The van der Waals surface area contributed by atoms with Crippen LogP contribution in [0.5, 0.6) is 0 Å². The van der Waals surface area contributed by atoms with Crippen molar-refractivity contribution < 1.29 is 0 Å². The quantitative estimate of drug-likeness (QED) is 0.905. The van der Waals surface area contributed by atoms with Gasteiger partial charge in [0.2, 0.25) is 0 Å². The number of aryl methyl sites for hydroxylation is 2. The zero-order valence-electron chi connectivity index (χ0n) is 10.3. The lowest BCUT2D eigenvalue weighted by Gasteiger charge is -2.07. The van der Waals surface area contributed by atoms with Gasteiger partial charge in [-0.2, -0.15) is 0 Å². The lowest BCUT2D eigenvalue weighted by molar-refractivity contribution is 0.882. The van der Waals surface area contributed by atoms with Crippen LogP contribution in [0.15, 0.2) is 5.38 Å². The molecule has 2 rings (SSSR count). The minimum atomic E-state index is 0.582. The first-order valence-electron chi connectivity index (χ1n) is 5.63. The predicted octanol–water partition coefficient (Wildman–Crippen LogP) is 2.29. The summed E-state index contributed by atoms with van der Waals surface area (Å²) in [5.41, 5.74) is 8.92. The van der Waals surface area contributed by atoms with Crippen molar-refractivity contribution in [1.82, 2.24) is 15.0 Å². The predicted molar refractivity (Wildman–Crippen MR) is 70.2 cm³/mol. The largest absolute Gasteiger partial charge is 0.383 e. The second kappa shape index (κ2) is 4.79. The molecule has 2 N–H and O–H groups in total. The third kappa shape index (κ3) is 2.61. The Hall–Kier alpha value is -1.49. The maximum Gasteiger partial charge on any atom is 0.136 e. The monoisotopic (exact) mass is 248 g/mol. The van der Waals surface area contributed by atoms with Gasteiger partial charge in [0, 0.05) is 16.6 Å². The van der Waals surface area contributed by atoms with E-state index in [0.29, 0.717) is 12.2 Å². The van der Waals surface area contributed by atoms with Crippen molar-refractivity contribution in [2.75, 3.05) is 5.73 Å². The molecule has 2 heterocycles. The van der Waals surface area contributed by atoms with Gasteiger partial charge in [-0.05, 0) is 20.3 Å². The molecule has 0 saturated carbocycles. The standard InChI is InChI=1S/C12H16N4S/c1-4-10-7(2)12(13)16-11(15-10)5-9-6-17-8(3)14-9/h6H,4-5H2,1-3H3,(H2,13,15,16). The van der Waals surface area contributed by atoms with Gasteiger partial charge >= 0.3 is 0 Å². The van der Waals surface area contributed by atoms with Gasteiger partial charge in [0.05, 0.1) is 17.1 Å². The molecule has 0 spiro atoms. The van der Waals surface area contributed by atoms with E-state index in [2.05, 4.69) is 21.9 Å². The van der Waals surface area contributed by atoms with E-state index >= 15 is 0 Å². The van der Waals surface area contributed by atoms with Crippen LogP contribution in [0.4, 0.5) is 5.82 Å². The van der Waals surface area contributed by atoms with E-state index in [9.17, 15) is 0 Å². The molecular formula is C12H16N4S. The molecular weight excluding hydrogens is 232 g/mol. The fraction of sp³-hybridized carbons (Fsp3) is 0.417. The van der Waals surface area contributed by atoms with Crippen molar-refractivity contribution >= 4 is 17.2 Å². The molecule has 5 heteroatoms. The van der Waals surface area contributed by atoms with Crippen molar-refractivity contribution in [1.29, 1.82) is 0 Å². The first-order chi connectivity index (χ1) is 8.10. The smallest absolute Gasteiger partial charge is 0.136 e. The third-order valence-electron chi connectivity index (χ3n) is 2.67. The van der Waals surface area contributed by atoms with Crippen LogP contribution in [0.25, 0.3) is 0 Å². The fourth-order valence-corrected chi connectivity index (χ4v) is 2.32. The minimum Gasteiger partial charge on any atom is -0.383 e. The Bertz CT molecular complexity index is 533. The molecule has 4 nitrogen and oxygen atoms in total. The summed E-state index contributed by atoms with van der Waals surface area (Å²) in [5, 5.41) is 3.11. The van der Waals surface area contributed by atoms with E-state index < -0.39 is 0 Å². The van der Waals surface area contributed by atoms with Gasteiger partial charge < -0.3 is 5.73 Å². The zero-order valence-corrected chi connectivity index (χ0v) is 11.1. The Kier molecular flexibility index (Phi) is 3.38. The van der Waals surface area contributed by atoms with Gasteiger partial charge in [0.25, 0.3) is 0 Å². The average Bonchev–Trinajstić information content (AvgIpc) is 2.69. The Labute approximate surface area is 105 Å². The molecule has 0 bridgehead atoms. The van der Waals surface area contributed by atoms with Gasteiger partial charge in [0.15, 0.2) is 0 Å². The molecule has 2 aromatic rings. The molecule has 0 aromatic carbocycles. The van der Waals surface area contributed by atoms with Crippen LogP contribution in [0.3, 0.4) is 0 Å². The van der Waals surface area contributed by atoms with Gasteiger partial charge in [-0.3, -0.25) is 0 Å². The number of anilines is 1. The summed E-state index contributed by atoms with van der Waals surface area (Å²) in [6, 6.07) is 0. The van der Waals surface area contributed by atoms with Crippen LogP contribution >= 0.6 is 11.3 Å². The summed E-state index contributed by atoms with van der Waals surface area (Å²) >= 11 is 1.64. The molecule has 0 atom stereocenters. The van der Waals surface area contributed by atoms with Crippen molar-refractivity contribution in [2.45, 2.75) is 33.6 Å². The Morgan fingerprint density at radius 3 is 2.59 bits per heavy atom. The van der Waals surface area contributed by atoms with Crippen LogP contribution in [0, 0.1) is 13.8 Å². The van der Waals surface area contributed by atoms with Crippen LogP contribution in [-0.4, -0.2) is 15.0 Å². The highest BCUT2D eigenvalue weighted by Gasteiger charge is 2.09. The van der Waals surface area contributed by atoms with Crippen LogP contribution in [-0.2, 0) is 12.8 Å². The minimum absolute atomic E-state index is 0.582. The molecule has 17 heavy (non-hydrogen) atoms. The number of aromatic nitrogens is 3. The van der Waals surface area contributed by atoms with Crippen LogP contribution in [0.1, 0.15) is 34.7 Å². The van der Waals surface area contributed by atoms with E-state index in [0.717, 1.165) is 34.2 Å². The third-order valence-corrected chi connectivity index (χ3v) is 3.49. The maximum atomic E-state index is 5.89. The molecule has 0 amide bonds. The number of hydrogen-bond acceptors (Lipinski definition) is 5. The molecule has 90 valence electrons. The number of nitrogen functional groups attached to an aromatic ring is 1. The van der Waals surface area contributed by atoms with Crippen molar-refractivity contribution in [3.05, 3.63) is 33.2 Å². The summed E-state index contributed by atoms with van der Waals surface area (Å²) in [7, 11) is 0. The van der Waals surface area contributed by atoms with Crippen molar-refractivity contribution in [3.63, 3.8) is 0 Å². The van der Waals surface area contributed by atoms with Crippen LogP contribution < -0.4 is 5.73 Å². The second-order valence-electron chi connectivity index (χ2n) is 3.98. The second-order valence-corrected chi connectivity index (χ2v) is 5.05. The topological polar surface area (TPSA) is 64.7 Å². The summed E-state index contributed by atoms with van der Waals surface area (Å²) < 4.78 is 0. The summed E-state index contributed by atoms with van der Waals surface area (Å²) in [4.78, 5) is 13.3. The number of nitrogens with two attached hydrogens (primary N) is 1. The van der Waals surface area contributed by atoms with E-state index in [1.54, 1.807) is 11.3 Å². The number of thiazole rings is 1.